The predicted octanol–water partition coefficient (Wildman–Crippen LogP) is 7.64. The van der Waals surface area contributed by atoms with Gasteiger partial charge in [0, 0.05) is 36.6 Å². The maximum absolute atomic E-state index is 13.0. The smallest absolute Gasteiger partial charge is 0.253 e. The average Bonchev–Trinajstić information content (AvgIpc) is 2.93. The van der Waals surface area contributed by atoms with Crippen LogP contribution in [-0.2, 0) is 4.79 Å². The molecule has 2 aliphatic rings. The van der Waals surface area contributed by atoms with E-state index in [9.17, 15) is 4.79 Å². The maximum Gasteiger partial charge on any atom is 0.253 e. The number of hydrogen-bond donors (Lipinski definition) is 2. The summed E-state index contributed by atoms with van der Waals surface area (Å²) in [7, 11) is 0. The lowest BCUT2D eigenvalue weighted by Gasteiger charge is -2.30. The summed E-state index contributed by atoms with van der Waals surface area (Å²) in [5.41, 5.74) is 10.4. The van der Waals surface area contributed by atoms with Gasteiger partial charge in [-0.2, -0.15) is 0 Å². The molecule has 37 heavy (non-hydrogen) atoms. The van der Waals surface area contributed by atoms with E-state index in [1.807, 2.05) is 26.0 Å². The van der Waals surface area contributed by atoms with Gasteiger partial charge >= 0.3 is 0 Å². The molecular formula is C33H45N3O. The van der Waals surface area contributed by atoms with E-state index in [2.05, 4.69) is 86.3 Å². The van der Waals surface area contributed by atoms with Crippen molar-refractivity contribution in [3.63, 3.8) is 0 Å². The first kappa shape index (κ1) is 28.3. The van der Waals surface area contributed by atoms with Crippen LogP contribution in [0.25, 0.3) is 5.70 Å². The van der Waals surface area contributed by atoms with Gasteiger partial charge in [-0.05, 0) is 110 Å². The molecule has 198 valence electrons. The Hall–Kier alpha value is -3.27. The van der Waals surface area contributed by atoms with Crippen molar-refractivity contribution in [2.75, 3.05) is 25.0 Å². The maximum atomic E-state index is 13.0. The summed E-state index contributed by atoms with van der Waals surface area (Å²) in [6.07, 6.45) is 8.76. The van der Waals surface area contributed by atoms with Crippen LogP contribution in [0.1, 0.15) is 80.2 Å². The number of aryl methyl sites for hydroxylation is 2. The lowest BCUT2D eigenvalue weighted by Crippen LogP contribution is -2.27. The first-order valence-corrected chi connectivity index (χ1v) is 13.9. The lowest BCUT2D eigenvalue weighted by molar-refractivity contribution is -0.112. The van der Waals surface area contributed by atoms with Crippen LogP contribution in [0.15, 0.2) is 66.4 Å². The number of piperidine rings is 1. The third-order valence-electron chi connectivity index (χ3n) is 7.48. The second kappa shape index (κ2) is 13.3. The number of nitrogens with one attached hydrogen (secondary N) is 2. The summed E-state index contributed by atoms with van der Waals surface area (Å²) < 4.78 is 0. The number of amides is 1. The molecular weight excluding hydrogens is 454 g/mol. The van der Waals surface area contributed by atoms with Gasteiger partial charge in [0.1, 0.15) is 0 Å². The van der Waals surface area contributed by atoms with Crippen molar-refractivity contribution >= 4 is 17.3 Å². The highest BCUT2D eigenvalue weighted by atomic mass is 16.1. The molecule has 0 spiro atoms. The standard InChI is InChI=1S/C31H39N3O.C2H6/c1-21-9-10-22(2)30(24(21)4)23(3)17-26-18-28(20-32-19-26)31(35)33-29-13-11-27(12-14-29)25(5)34-15-7-6-8-16-34;1-2/h9-14,18-19,23,32H,5-8,15-17,20H2,1-4H3,(H,33,35);1-2H3. The Balaban J connectivity index is 0.00000186. The van der Waals surface area contributed by atoms with Gasteiger partial charge in [0.15, 0.2) is 0 Å². The molecule has 1 unspecified atom stereocenters. The van der Waals surface area contributed by atoms with Gasteiger partial charge in [0.2, 0.25) is 0 Å². The van der Waals surface area contributed by atoms with E-state index >= 15 is 0 Å². The van der Waals surface area contributed by atoms with Crippen molar-refractivity contribution < 1.29 is 4.79 Å². The molecule has 4 nitrogen and oxygen atoms in total. The Kier molecular flexibility index (Phi) is 10.2. The number of benzene rings is 2. The molecule has 2 aliphatic heterocycles. The van der Waals surface area contributed by atoms with E-state index in [1.54, 1.807) is 0 Å². The molecule has 0 saturated carbocycles. The van der Waals surface area contributed by atoms with Crippen LogP contribution < -0.4 is 10.6 Å². The molecule has 0 bridgehead atoms. The fourth-order valence-corrected chi connectivity index (χ4v) is 5.36. The number of carbonyl (C=O) groups excluding carboxylic acids is 1. The van der Waals surface area contributed by atoms with Crippen molar-refractivity contribution in [3.8, 4) is 0 Å². The van der Waals surface area contributed by atoms with E-state index in [0.717, 1.165) is 47.6 Å². The first-order valence-electron chi connectivity index (χ1n) is 13.9. The molecule has 2 aromatic rings. The molecule has 2 N–H and O–H groups in total. The largest absolute Gasteiger partial charge is 0.386 e. The van der Waals surface area contributed by atoms with E-state index in [4.69, 9.17) is 0 Å². The van der Waals surface area contributed by atoms with Crippen molar-refractivity contribution in [2.45, 2.75) is 73.1 Å². The summed E-state index contributed by atoms with van der Waals surface area (Å²) in [6, 6.07) is 12.5. The summed E-state index contributed by atoms with van der Waals surface area (Å²) in [5, 5.41) is 6.37. The third-order valence-corrected chi connectivity index (χ3v) is 7.48. The Morgan fingerprint density at radius 2 is 1.65 bits per heavy atom. The normalized spacial score (nSPS) is 15.9. The topological polar surface area (TPSA) is 44.4 Å². The quantitative estimate of drug-likeness (QED) is 0.411. The molecule has 1 amide bonds. The number of hydrogen-bond acceptors (Lipinski definition) is 3. The van der Waals surface area contributed by atoms with Crippen LogP contribution in [0, 0.1) is 20.8 Å². The van der Waals surface area contributed by atoms with Crippen LogP contribution in [0.3, 0.4) is 0 Å². The first-order chi connectivity index (χ1) is 17.8. The molecule has 2 aromatic carbocycles. The summed E-state index contributed by atoms with van der Waals surface area (Å²) in [5.74, 6) is 0.323. The minimum atomic E-state index is -0.0544. The molecule has 2 heterocycles. The highest BCUT2D eigenvalue weighted by Gasteiger charge is 2.18. The average molecular weight is 500 g/mol. The molecule has 0 aromatic heterocycles. The monoisotopic (exact) mass is 499 g/mol. The molecule has 1 fully saturated rings. The molecule has 0 radical (unpaired) electrons. The number of carbonyl (C=O) groups is 1. The Morgan fingerprint density at radius 3 is 2.32 bits per heavy atom. The van der Waals surface area contributed by atoms with Crippen LogP contribution in [0.4, 0.5) is 5.69 Å². The number of allylic oxidation sites excluding steroid dienone is 2. The van der Waals surface area contributed by atoms with Gasteiger partial charge in [-0.3, -0.25) is 4.79 Å². The van der Waals surface area contributed by atoms with Crippen molar-refractivity contribution in [2.24, 2.45) is 0 Å². The number of dihydropyridines is 1. The Labute approximate surface area is 224 Å². The zero-order valence-corrected chi connectivity index (χ0v) is 23.7. The van der Waals surface area contributed by atoms with Gasteiger partial charge in [-0.15, -0.1) is 0 Å². The summed E-state index contributed by atoms with van der Waals surface area (Å²) in [6.45, 7) is 19.8. The summed E-state index contributed by atoms with van der Waals surface area (Å²) in [4.78, 5) is 15.4. The number of rotatable bonds is 7. The third kappa shape index (κ3) is 7.15. The molecule has 1 saturated heterocycles. The Morgan fingerprint density at radius 1 is 1.00 bits per heavy atom. The van der Waals surface area contributed by atoms with Crippen molar-refractivity contribution in [1.82, 2.24) is 10.2 Å². The van der Waals surface area contributed by atoms with E-state index in [1.165, 1.54) is 41.5 Å². The molecule has 0 aliphatic carbocycles. The van der Waals surface area contributed by atoms with E-state index in [-0.39, 0.29) is 5.91 Å². The minimum absolute atomic E-state index is 0.0544. The van der Waals surface area contributed by atoms with Gasteiger partial charge in [0.25, 0.3) is 5.91 Å². The molecule has 1 atom stereocenters. The molecule has 4 heteroatoms. The number of anilines is 1. The second-order valence-corrected chi connectivity index (χ2v) is 10.1. The van der Waals surface area contributed by atoms with E-state index < -0.39 is 0 Å². The highest BCUT2D eigenvalue weighted by Crippen LogP contribution is 2.31. The second-order valence-electron chi connectivity index (χ2n) is 10.1. The van der Waals surface area contributed by atoms with Gasteiger partial charge < -0.3 is 15.5 Å². The summed E-state index contributed by atoms with van der Waals surface area (Å²) >= 11 is 0. The number of likely N-dealkylation sites (tertiary alicyclic amines) is 1. The predicted molar refractivity (Wildman–Crippen MR) is 159 cm³/mol. The van der Waals surface area contributed by atoms with Crippen molar-refractivity contribution in [1.29, 1.82) is 0 Å². The molecule has 4 rings (SSSR count). The van der Waals surface area contributed by atoms with Crippen LogP contribution in [0.2, 0.25) is 0 Å². The zero-order chi connectivity index (χ0) is 26.9. The fourth-order valence-electron chi connectivity index (χ4n) is 5.36. The SMILES string of the molecule is C=C(c1ccc(NC(=O)C2=CC(CC(C)c3c(C)ccc(C)c3C)=CNC2)cc1)N1CCCCC1.CC. The van der Waals surface area contributed by atoms with Crippen LogP contribution in [-0.4, -0.2) is 30.4 Å². The van der Waals surface area contributed by atoms with Gasteiger partial charge in [-0.25, -0.2) is 0 Å². The van der Waals surface area contributed by atoms with Gasteiger partial charge in [0.05, 0.1) is 0 Å². The fraction of sp³-hybridized carbons (Fsp3) is 0.424. The van der Waals surface area contributed by atoms with E-state index in [0.29, 0.717) is 12.5 Å². The highest BCUT2D eigenvalue weighted by molar-refractivity contribution is 6.04. The van der Waals surface area contributed by atoms with Crippen LogP contribution in [0.5, 0.6) is 0 Å². The lowest BCUT2D eigenvalue weighted by atomic mass is 9.85. The van der Waals surface area contributed by atoms with Crippen molar-refractivity contribution in [3.05, 3.63) is 94.2 Å². The van der Waals surface area contributed by atoms with Gasteiger partial charge in [-0.1, -0.05) is 51.6 Å². The minimum Gasteiger partial charge on any atom is -0.386 e. The number of nitrogens with zero attached hydrogens (tertiary/aromatic N) is 1. The zero-order valence-electron chi connectivity index (χ0n) is 23.7. The van der Waals surface area contributed by atoms with Crippen LogP contribution >= 0.6 is 0 Å². The Bertz CT molecular complexity index is 1150.